The predicted molar refractivity (Wildman–Crippen MR) is 295 cm³/mol. The van der Waals surface area contributed by atoms with Gasteiger partial charge in [-0.05, 0) is 147 Å². The van der Waals surface area contributed by atoms with Gasteiger partial charge in [-0.15, -0.1) is 0 Å². The number of thioether (sulfide) groups is 1. The van der Waals surface area contributed by atoms with Gasteiger partial charge in [0.05, 0.1) is 0 Å². The first-order chi connectivity index (χ1) is 34.4. The van der Waals surface area contributed by atoms with Gasteiger partial charge in [0.2, 0.25) is 0 Å². The average Bonchev–Trinajstić information content (AvgIpc) is 3.90. The minimum absolute atomic E-state index is 0.0317. The van der Waals surface area contributed by atoms with Crippen LogP contribution in [0.1, 0.15) is 133 Å². The smallest absolute Gasteiger partial charge is 0.144 e. The quantitative estimate of drug-likeness (QED) is 0.268. The molecule has 356 valence electrons. The Hall–Kier alpha value is -5.39. The molecule has 13 rings (SSSR count). The second-order valence-electron chi connectivity index (χ2n) is 22.7. The molecule has 4 nitrogen and oxygen atoms in total. The van der Waals surface area contributed by atoms with Crippen LogP contribution in [0.2, 0.25) is 0 Å². The SMILES string of the molecule is CC1(C2=NC(C3=CC=CCC3)NC(c3cc(C4=CC=C(C5C=CCCC5)C(C5=CC=CCC5)C4)ccc3-c3cccc4c3SC3=CC5C6CC=CC=C6N(C6CCCCC6)C5CC34C)=N2)C=CC=CC1. The molecule has 5 heteroatoms. The number of likely N-dealkylation sites (tertiary alicyclic amines) is 1. The minimum atomic E-state index is -0.299. The third kappa shape index (κ3) is 7.79. The summed E-state index contributed by atoms with van der Waals surface area (Å²) in [7, 11) is 0. The van der Waals surface area contributed by atoms with Crippen molar-refractivity contribution in [3.8, 4) is 11.1 Å². The van der Waals surface area contributed by atoms with Crippen molar-refractivity contribution in [1.82, 2.24) is 10.2 Å². The lowest BCUT2D eigenvalue weighted by molar-refractivity contribution is 0.136. The molecule has 0 bridgehead atoms. The number of aliphatic imine (C=N–C) groups is 2. The van der Waals surface area contributed by atoms with Crippen LogP contribution in [0.4, 0.5) is 0 Å². The zero-order chi connectivity index (χ0) is 46.8. The highest BCUT2D eigenvalue weighted by Crippen LogP contribution is 2.63. The summed E-state index contributed by atoms with van der Waals surface area (Å²) in [5, 5.41) is 4.02. The van der Waals surface area contributed by atoms with Crippen LogP contribution in [-0.2, 0) is 5.41 Å². The van der Waals surface area contributed by atoms with Crippen LogP contribution in [0.3, 0.4) is 0 Å². The van der Waals surface area contributed by atoms with E-state index >= 15 is 0 Å². The third-order valence-corrected chi connectivity index (χ3v) is 19.8. The Bertz CT molecular complexity index is 2930. The number of fused-ring (bicyclic) bond motifs is 6. The van der Waals surface area contributed by atoms with Gasteiger partial charge in [0.1, 0.15) is 17.8 Å². The molecule has 11 aliphatic rings. The van der Waals surface area contributed by atoms with Gasteiger partial charge in [-0.2, -0.15) is 0 Å². The van der Waals surface area contributed by atoms with E-state index in [1.165, 1.54) is 102 Å². The first-order valence-corrected chi connectivity index (χ1v) is 28.1. The molecule has 0 amide bonds. The number of amidine groups is 2. The highest BCUT2D eigenvalue weighted by atomic mass is 32.2. The number of hydrogen-bond acceptors (Lipinski definition) is 5. The number of rotatable bonds is 8. The molecular formula is C65H70N4S. The number of nitrogens with one attached hydrogen (secondary N) is 1. The summed E-state index contributed by atoms with van der Waals surface area (Å²) in [5.41, 5.74) is 13.8. The Morgan fingerprint density at radius 3 is 2.41 bits per heavy atom. The van der Waals surface area contributed by atoms with Crippen molar-refractivity contribution in [2.45, 2.75) is 145 Å². The second-order valence-corrected chi connectivity index (χ2v) is 23.7. The lowest BCUT2D eigenvalue weighted by Gasteiger charge is -2.44. The molecule has 8 unspecified atom stereocenters. The molecule has 1 saturated heterocycles. The van der Waals surface area contributed by atoms with Crippen molar-refractivity contribution in [3.05, 3.63) is 190 Å². The topological polar surface area (TPSA) is 40.0 Å². The van der Waals surface area contributed by atoms with Gasteiger partial charge in [0.15, 0.2) is 0 Å². The summed E-state index contributed by atoms with van der Waals surface area (Å²) in [5.74, 6) is 3.94. The molecule has 8 aliphatic carbocycles. The Balaban J connectivity index is 0.940. The summed E-state index contributed by atoms with van der Waals surface area (Å²) >= 11 is 2.08. The molecule has 0 spiro atoms. The standard InChI is InChI=1S/C65H70N4S/c1-64(37-18-7-19-38-64)63-67-61(45-25-12-5-13-26-45)66-62(68-63)55-40-47(46-33-35-49(43-21-8-3-9-22-43)53(39-46)44-23-10-4-11-24-44)34-36-50(55)52-30-20-31-56-60(52)70-59-41-54-51-29-16-17-32-57(51)69(48-27-14-6-15-28-48)58(54)42-65(56,59)2/h4-5,7-8,10,12,16-21,23,25,30-37,40-41,43,48,51,53-54,58,61H,3,6,9,11,13-15,22,24,26-29,38-39,42H2,1-2H3,(H,66,67,68). The highest BCUT2D eigenvalue weighted by molar-refractivity contribution is 8.03. The van der Waals surface area contributed by atoms with Crippen LogP contribution in [0, 0.1) is 29.1 Å². The average molecular weight is 939 g/mol. The van der Waals surface area contributed by atoms with E-state index in [2.05, 4.69) is 182 Å². The largest absolute Gasteiger partial charge is 0.368 e. The third-order valence-electron chi connectivity index (χ3n) is 18.4. The van der Waals surface area contributed by atoms with E-state index in [0.29, 0.717) is 35.8 Å². The fraction of sp³-hybridized carbons (Fsp3) is 0.415. The van der Waals surface area contributed by atoms with E-state index in [9.17, 15) is 0 Å². The first-order valence-electron chi connectivity index (χ1n) is 27.3. The van der Waals surface area contributed by atoms with Crippen molar-refractivity contribution >= 4 is 29.0 Å². The molecule has 1 saturated carbocycles. The van der Waals surface area contributed by atoms with Crippen molar-refractivity contribution < 1.29 is 0 Å². The van der Waals surface area contributed by atoms with Crippen molar-refractivity contribution in [1.29, 1.82) is 0 Å². The molecule has 2 aromatic carbocycles. The normalized spacial score (nSPS) is 33.1. The number of hydrogen-bond donors (Lipinski definition) is 1. The van der Waals surface area contributed by atoms with E-state index in [0.717, 1.165) is 56.6 Å². The molecule has 0 aromatic heterocycles. The van der Waals surface area contributed by atoms with Gasteiger partial charge in [-0.1, -0.05) is 183 Å². The van der Waals surface area contributed by atoms with Gasteiger partial charge >= 0.3 is 0 Å². The van der Waals surface area contributed by atoms with E-state index in [4.69, 9.17) is 9.98 Å². The van der Waals surface area contributed by atoms with Gasteiger partial charge < -0.3 is 10.2 Å². The van der Waals surface area contributed by atoms with Crippen LogP contribution in [0.5, 0.6) is 0 Å². The fourth-order valence-corrected chi connectivity index (χ4v) is 16.1. The van der Waals surface area contributed by atoms with Crippen molar-refractivity contribution in [2.24, 2.45) is 39.1 Å². The van der Waals surface area contributed by atoms with E-state index in [1.54, 1.807) is 21.7 Å². The lowest BCUT2D eigenvalue weighted by Crippen LogP contribution is -2.46. The van der Waals surface area contributed by atoms with Crippen LogP contribution in [0.25, 0.3) is 16.7 Å². The molecule has 70 heavy (non-hydrogen) atoms. The second kappa shape index (κ2) is 18.3. The highest BCUT2D eigenvalue weighted by Gasteiger charge is 2.55. The number of benzene rings is 2. The van der Waals surface area contributed by atoms with Crippen molar-refractivity contribution in [2.75, 3.05) is 0 Å². The van der Waals surface area contributed by atoms with E-state index < -0.39 is 0 Å². The summed E-state index contributed by atoms with van der Waals surface area (Å²) in [4.78, 5) is 17.1. The molecular weight excluding hydrogens is 869 g/mol. The Morgan fingerprint density at radius 2 is 1.61 bits per heavy atom. The Morgan fingerprint density at radius 1 is 0.757 bits per heavy atom. The zero-order valence-corrected chi connectivity index (χ0v) is 42.3. The van der Waals surface area contributed by atoms with Crippen LogP contribution in [0.15, 0.2) is 188 Å². The maximum Gasteiger partial charge on any atom is 0.144 e. The monoisotopic (exact) mass is 939 g/mol. The Kier molecular flexibility index (Phi) is 11.7. The van der Waals surface area contributed by atoms with Gasteiger partial charge in [0.25, 0.3) is 0 Å². The zero-order valence-electron chi connectivity index (χ0n) is 41.5. The number of allylic oxidation sites excluding steroid dienone is 21. The molecule has 3 aliphatic heterocycles. The Labute approximate surface area is 422 Å². The fourth-order valence-electron chi connectivity index (χ4n) is 14.5. The van der Waals surface area contributed by atoms with Crippen LogP contribution in [-0.4, -0.2) is 34.8 Å². The molecule has 8 atom stereocenters. The minimum Gasteiger partial charge on any atom is -0.368 e. The molecule has 2 fully saturated rings. The molecule has 3 heterocycles. The maximum absolute atomic E-state index is 5.67. The number of nitrogens with zero attached hydrogens (tertiary/aromatic N) is 3. The molecule has 1 N–H and O–H groups in total. The summed E-state index contributed by atoms with van der Waals surface area (Å²) < 4.78 is 0. The first kappa shape index (κ1) is 44.5. The van der Waals surface area contributed by atoms with Gasteiger partial charge in [-0.25, -0.2) is 9.98 Å². The maximum atomic E-state index is 5.67. The van der Waals surface area contributed by atoms with Gasteiger partial charge in [0, 0.05) is 56.8 Å². The lowest BCUT2D eigenvalue weighted by atomic mass is 9.68. The summed E-state index contributed by atoms with van der Waals surface area (Å²) in [6.45, 7) is 4.91. The van der Waals surface area contributed by atoms with Crippen LogP contribution < -0.4 is 5.32 Å². The molecule has 0 radical (unpaired) electrons. The van der Waals surface area contributed by atoms with E-state index in [-0.39, 0.29) is 17.0 Å². The van der Waals surface area contributed by atoms with Gasteiger partial charge in [-0.3, -0.25) is 0 Å². The van der Waals surface area contributed by atoms with Crippen molar-refractivity contribution in [3.63, 3.8) is 0 Å². The summed E-state index contributed by atoms with van der Waals surface area (Å²) in [6, 6.07) is 15.9. The summed E-state index contributed by atoms with van der Waals surface area (Å²) in [6.07, 6.45) is 61.7. The van der Waals surface area contributed by atoms with E-state index in [1.807, 2.05) is 0 Å². The molecule has 2 aromatic rings. The predicted octanol–water partition coefficient (Wildman–Crippen LogP) is 15.9. The van der Waals surface area contributed by atoms with Crippen LogP contribution >= 0.6 is 11.8 Å².